The second-order valence-corrected chi connectivity index (χ2v) is 5.02. The van der Waals surface area contributed by atoms with Crippen molar-refractivity contribution in [2.45, 2.75) is 53.6 Å². The van der Waals surface area contributed by atoms with Crippen molar-refractivity contribution in [1.29, 1.82) is 0 Å². The Morgan fingerprint density at radius 3 is 2.38 bits per heavy atom. The SMILES string of the molecule is CC1=C(C)CC(C)(C(C)O)C(C)C1. The van der Waals surface area contributed by atoms with E-state index in [1.807, 2.05) is 6.92 Å². The van der Waals surface area contributed by atoms with Crippen molar-refractivity contribution in [2.75, 3.05) is 0 Å². The normalized spacial score (nSPS) is 37.8. The van der Waals surface area contributed by atoms with Gasteiger partial charge in [0.15, 0.2) is 0 Å². The molecular formula is C12H22O. The Morgan fingerprint density at radius 2 is 1.92 bits per heavy atom. The van der Waals surface area contributed by atoms with Gasteiger partial charge in [0.1, 0.15) is 0 Å². The first-order valence-electron chi connectivity index (χ1n) is 5.21. The third-order valence-corrected chi connectivity index (χ3v) is 4.07. The van der Waals surface area contributed by atoms with Gasteiger partial charge in [-0.05, 0) is 44.9 Å². The van der Waals surface area contributed by atoms with Crippen molar-refractivity contribution >= 4 is 0 Å². The first-order valence-corrected chi connectivity index (χ1v) is 5.21. The van der Waals surface area contributed by atoms with E-state index in [0.717, 1.165) is 12.8 Å². The molecule has 0 saturated heterocycles. The molecule has 1 rings (SSSR count). The predicted molar refractivity (Wildman–Crippen MR) is 56.6 cm³/mol. The summed E-state index contributed by atoms with van der Waals surface area (Å²) in [5.41, 5.74) is 3.08. The van der Waals surface area contributed by atoms with E-state index in [1.165, 1.54) is 11.1 Å². The fraction of sp³-hybridized carbons (Fsp3) is 0.833. The molecule has 0 radical (unpaired) electrons. The van der Waals surface area contributed by atoms with Crippen molar-refractivity contribution in [2.24, 2.45) is 11.3 Å². The molecule has 0 bridgehead atoms. The van der Waals surface area contributed by atoms with Crippen LogP contribution >= 0.6 is 0 Å². The second kappa shape index (κ2) is 3.45. The largest absolute Gasteiger partial charge is 0.393 e. The molecule has 1 heteroatoms. The molecule has 0 aromatic heterocycles. The van der Waals surface area contributed by atoms with Crippen LogP contribution in [0.2, 0.25) is 0 Å². The van der Waals surface area contributed by atoms with Crippen LogP contribution in [-0.2, 0) is 0 Å². The van der Waals surface area contributed by atoms with Gasteiger partial charge < -0.3 is 5.11 Å². The lowest BCUT2D eigenvalue weighted by Crippen LogP contribution is -2.39. The molecule has 3 atom stereocenters. The number of aliphatic hydroxyl groups is 1. The molecule has 0 heterocycles. The fourth-order valence-corrected chi connectivity index (χ4v) is 2.32. The Bertz CT molecular complexity index is 227. The van der Waals surface area contributed by atoms with Gasteiger partial charge in [-0.15, -0.1) is 0 Å². The van der Waals surface area contributed by atoms with Crippen LogP contribution in [0.25, 0.3) is 0 Å². The standard InChI is InChI=1S/C12H22O/c1-8-6-10(3)12(5,11(4)13)7-9(8)2/h10-11,13H,6-7H2,1-5H3. The zero-order chi connectivity index (χ0) is 10.2. The molecule has 3 unspecified atom stereocenters. The average molecular weight is 182 g/mol. The fourth-order valence-electron chi connectivity index (χ4n) is 2.32. The highest BCUT2D eigenvalue weighted by Crippen LogP contribution is 2.45. The summed E-state index contributed by atoms with van der Waals surface area (Å²) < 4.78 is 0. The molecule has 0 aliphatic heterocycles. The highest BCUT2D eigenvalue weighted by molar-refractivity contribution is 5.18. The van der Waals surface area contributed by atoms with Crippen molar-refractivity contribution in [3.8, 4) is 0 Å². The number of rotatable bonds is 1. The van der Waals surface area contributed by atoms with E-state index in [1.54, 1.807) is 0 Å². The van der Waals surface area contributed by atoms with E-state index < -0.39 is 0 Å². The van der Waals surface area contributed by atoms with Gasteiger partial charge in [-0.2, -0.15) is 0 Å². The first kappa shape index (κ1) is 10.8. The highest BCUT2D eigenvalue weighted by Gasteiger charge is 2.38. The van der Waals surface area contributed by atoms with Crippen LogP contribution in [0, 0.1) is 11.3 Å². The first-order chi connectivity index (χ1) is 5.88. The molecule has 1 aliphatic carbocycles. The molecule has 0 aromatic rings. The second-order valence-electron chi connectivity index (χ2n) is 5.02. The summed E-state index contributed by atoms with van der Waals surface area (Å²) in [7, 11) is 0. The average Bonchev–Trinajstić information content (AvgIpc) is 2.01. The number of allylic oxidation sites excluding steroid dienone is 2. The van der Waals surface area contributed by atoms with E-state index in [9.17, 15) is 5.11 Å². The maximum atomic E-state index is 9.79. The van der Waals surface area contributed by atoms with E-state index in [0.29, 0.717) is 5.92 Å². The Morgan fingerprint density at radius 1 is 1.38 bits per heavy atom. The van der Waals surface area contributed by atoms with Crippen LogP contribution in [0.1, 0.15) is 47.5 Å². The zero-order valence-corrected chi connectivity index (χ0v) is 9.52. The lowest BCUT2D eigenvalue weighted by atomic mass is 9.64. The van der Waals surface area contributed by atoms with Crippen LogP contribution in [0.3, 0.4) is 0 Å². The van der Waals surface area contributed by atoms with Gasteiger partial charge in [0.05, 0.1) is 6.10 Å². The maximum Gasteiger partial charge on any atom is 0.0571 e. The summed E-state index contributed by atoms with van der Waals surface area (Å²) >= 11 is 0. The van der Waals surface area contributed by atoms with Gasteiger partial charge in [0.2, 0.25) is 0 Å². The molecule has 13 heavy (non-hydrogen) atoms. The lowest BCUT2D eigenvalue weighted by Gasteiger charge is -2.43. The van der Waals surface area contributed by atoms with Crippen molar-refractivity contribution in [1.82, 2.24) is 0 Å². The van der Waals surface area contributed by atoms with Gasteiger partial charge in [-0.25, -0.2) is 0 Å². The van der Waals surface area contributed by atoms with E-state index in [4.69, 9.17) is 0 Å². The molecule has 0 spiro atoms. The van der Waals surface area contributed by atoms with E-state index in [-0.39, 0.29) is 11.5 Å². The molecule has 0 aromatic carbocycles. The molecule has 0 amide bonds. The number of aliphatic hydroxyl groups excluding tert-OH is 1. The van der Waals surface area contributed by atoms with Gasteiger partial charge in [-0.1, -0.05) is 25.0 Å². The Labute approximate surface area is 81.9 Å². The minimum Gasteiger partial charge on any atom is -0.393 e. The number of hydrogen-bond donors (Lipinski definition) is 1. The van der Waals surface area contributed by atoms with Crippen molar-refractivity contribution < 1.29 is 5.11 Å². The van der Waals surface area contributed by atoms with Crippen LogP contribution < -0.4 is 0 Å². The van der Waals surface area contributed by atoms with E-state index in [2.05, 4.69) is 27.7 Å². The van der Waals surface area contributed by atoms with Gasteiger partial charge in [0, 0.05) is 0 Å². The minimum absolute atomic E-state index is 0.0869. The smallest absolute Gasteiger partial charge is 0.0571 e. The summed E-state index contributed by atoms with van der Waals surface area (Å²) in [6.45, 7) is 10.8. The molecule has 0 saturated carbocycles. The topological polar surface area (TPSA) is 20.2 Å². The highest BCUT2D eigenvalue weighted by atomic mass is 16.3. The Kier molecular flexibility index (Phi) is 2.86. The molecule has 76 valence electrons. The molecule has 1 N–H and O–H groups in total. The quantitative estimate of drug-likeness (QED) is 0.618. The van der Waals surface area contributed by atoms with Crippen LogP contribution in [-0.4, -0.2) is 11.2 Å². The van der Waals surface area contributed by atoms with Gasteiger partial charge in [-0.3, -0.25) is 0 Å². The lowest BCUT2D eigenvalue weighted by molar-refractivity contribution is 0.00555. The molecular weight excluding hydrogens is 160 g/mol. The van der Waals surface area contributed by atoms with Crippen LogP contribution in [0.5, 0.6) is 0 Å². The van der Waals surface area contributed by atoms with Crippen molar-refractivity contribution in [3.05, 3.63) is 11.1 Å². The Balaban J connectivity index is 2.93. The molecule has 1 nitrogen and oxygen atoms in total. The minimum atomic E-state index is -0.203. The third-order valence-electron chi connectivity index (χ3n) is 4.07. The van der Waals surface area contributed by atoms with Gasteiger partial charge in [0.25, 0.3) is 0 Å². The van der Waals surface area contributed by atoms with Gasteiger partial charge >= 0.3 is 0 Å². The predicted octanol–water partition coefficient (Wildman–Crippen LogP) is 3.14. The summed E-state index contributed by atoms with van der Waals surface area (Å²) in [6.07, 6.45) is 2.00. The monoisotopic (exact) mass is 182 g/mol. The number of hydrogen-bond acceptors (Lipinski definition) is 1. The Hall–Kier alpha value is -0.300. The maximum absolute atomic E-state index is 9.79. The molecule has 0 fully saturated rings. The zero-order valence-electron chi connectivity index (χ0n) is 9.52. The van der Waals surface area contributed by atoms with Crippen molar-refractivity contribution in [3.63, 3.8) is 0 Å². The van der Waals surface area contributed by atoms with E-state index >= 15 is 0 Å². The third kappa shape index (κ3) is 1.80. The summed E-state index contributed by atoms with van der Waals surface area (Å²) in [6, 6.07) is 0. The molecule has 1 aliphatic rings. The summed E-state index contributed by atoms with van der Waals surface area (Å²) in [5, 5.41) is 9.79. The summed E-state index contributed by atoms with van der Waals surface area (Å²) in [4.78, 5) is 0. The summed E-state index contributed by atoms with van der Waals surface area (Å²) in [5.74, 6) is 0.594. The van der Waals surface area contributed by atoms with Crippen LogP contribution in [0.15, 0.2) is 11.1 Å². The van der Waals surface area contributed by atoms with Crippen LogP contribution in [0.4, 0.5) is 0 Å².